The number of nitrogens with zero attached hydrogens (tertiary/aromatic N) is 2. The quantitative estimate of drug-likeness (QED) is 0.492. The van der Waals surface area contributed by atoms with Crippen LogP contribution in [0.3, 0.4) is 0 Å². The predicted molar refractivity (Wildman–Crippen MR) is 138 cm³/mol. The van der Waals surface area contributed by atoms with Crippen LogP contribution < -0.4 is 15.5 Å². The SMILES string of the molecule is Cc1cc(N2C[C@H](C)C[C@H](C)C2)nc2ccc(NC(=O)CCC(=O)NCc3ccc(F)cc3)cc12. The summed E-state index contributed by atoms with van der Waals surface area (Å²) in [5.74, 6) is 1.55. The molecule has 2 amide bonds. The van der Waals surface area contributed by atoms with E-state index in [1.807, 2.05) is 18.2 Å². The summed E-state index contributed by atoms with van der Waals surface area (Å²) in [5.41, 5.74) is 3.51. The van der Waals surface area contributed by atoms with Gasteiger partial charge < -0.3 is 15.5 Å². The number of amides is 2. The van der Waals surface area contributed by atoms with Crippen LogP contribution in [0.1, 0.15) is 44.2 Å². The van der Waals surface area contributed by atoms with Gasteiger partial charge in [0, 0.05) is 43.5 Å². The Balaban J connectivity index is 1.33. The van der Waals surface area contributed by atoms with Gasteiger partial charge in [-0.3, -0.25) is 9.59 Å². The van der Waals surface area contributed by atoms with E-state index < -0.39 is 0 Å². The molecule has 0 saturated carbocycles. The lowest BCUT2D eigenvalue weighted by atomic mass is 9.92. The summed E-state index contributed by atoms with van der Waals surface area (Å²) >= 11 is 0. The number of fused-ring (bicyclic) bond motifs is 1. The first-order chi connectivity index (χ1) is 16.8. The lowest BCUT2D eigenvalue weighted by Gasteiger charge is -2.36. The highest BCUT2D eigenvalue weighted by Crippen LogP contribution is 2.29. The van der Waals surface area contributed by atoms with Gasteiger partial charge in [0.1, 0.15) is 11.6 Å². The van der Waals surface area contributed by atoms with Crippen molar-refractivity contribution in [3.05, 3.63) is 65.5 Å². The summed E-state index contributed by atoms with van der Waals surface area (Å²) in [4.78, 5) is 31.8. The largest absolute Gasteiger partial charge is 0.356 e. The fraction of sp³-hybridized carbons (Fsp3) is 0.393. The van der Waals surface area contributed by atoms with E-state index in [-0.39, 0.29) is 30.5 Å². The number of hydrogen-bond donors (Lipinski definition) is 2. The molecule has 1 aliphatic rings. The average Bonchev–Trinajstić information content (AvgIpc) is 2.82. The van der Waals surface area contributed by atoms with Crippen molar-refractivity contribution in [1.82, 2.24) is 10.3 Å². The number of halogens is 1. The van der Waals surface area contributed by atoms with Crippen LogP contribution in [-0.2, 0) is 16.1 Å². The fourth-order valence-corrected chi connectivity index (χ4v) is 4.81. The van der Waals surface area contributed by atoms with E-state index in [1.54, 1.807) is 12.1 Å². The fourth-order valence-electron chi connectivity index (χ4n) is 4.81. The van der Waals surface area contributed by atoms with Crippen molar-refractivity contribution < 1.29 is 14.0 Å². The second-order valence-electron chi connectivity index (χ2n) is 9.83. The number of aromatic nitrogens is 1. The van der Waals surface area contributed by atoms with Crippen molar-refractivity contribution in [3.8, 4) is 0 Å². The van der Waals surface area contributed by atoms with E-state index in [1.165, 1.54) is 18.6 Å². The number of aryl methyl sites for hydroxylation is 1. The van der Waals surface area contributed by atoms with E-state index in [9.17, 15) is 14.0 Å². The van der Waals surface area contributed by atoms with E-state index in [4.69, 9.17) is 4.98 Å². The molecular formula is C28H33FN4O2. The number of hydrogen-bond acceptors (Lipinski definition) is 4. The van der Waals surface area contributed by atoms with Crippen LogP contribution in [0.2, 0.25) is 0 Å². The Morgan fingerprint density at radius 2 is 1.69 bits per heavy atom. The molecule has 2 heterocycles. The molecule has 0 aliphatic carbocycles. The van der Waals surface area contributed by atoms with E-state index in [2.05, 4.69) is 42.4 Å². The number of nitrogens with one attached hydrogen (secondary N) is 2. The molecule has 3 aromatic rings. The molecular weight excluding hydrogens is 443 g/mol. The van der Waals surface area contributed by atoms with E-state index >= 15 is 0 Å². The zero-order valence-corrected chi connectivity index (χ0v) is 20.6. The second-order valence-corrected chi connectivity index (χ2v) is 9.83. The van der Waals surface area contributed by atoms with Gasteiger partial charge in [-0.2, -0.15) is 0 Å². The first-order valence-corrected chi connectivity index (χ1v) is 12.2. The molecule has 2 N–H and O–H groups in total. The van der Waals surface area contributed by atoms with Gasteiger partial charge in [-0.1, -0.05) is 26.0 Å². The van der Waals surface area contributed by atoms with Crippen LogP contribution in [0.25, 0.3) is 10.9 Å². The Kier molecular flexibility index (Phi) is 7.63. The van der Waals surface area contributed by atoms with Crippen LogP contribution in [0, 0.1) is 24.6 Å². The molecule has 1 aromatic heterocycles. The smallest absolute Gasteiger partial charge is 0.224 e. The highest BCUT2D eigenvalue weighted by Gasteiger charge is 2.23. The lowest BCUT2D eigenvalue weighted by Crippen LogP contribution is -2.39. The van der Waals surface area contributed by atoms with Gasteiger partial charge in [-0.25, -0.2) is 9.37 Å². The van der Waals surface area contributed by atoms with E-state index in [0.29, 0.717) is 24.1 Å². The third-order valence-corrected chi connectivity index (χ3v) is 6.46. The van der Waals surface area contributed by atoms with Gasteiger partial charge in [0.2, 0.25) is 11.8 Å². The van der Waals surface area contributed by atoms with Gasteiger partial charge >= 0.3 is 0 Å². The topological polar surface area (TPSA) is 74.3 Å². The zero-order valence-electron chi connectivity index (χ0n) is 20.6. The predicted octanol–water partition coefficient (Wildman–Crippen LogP) is 5.20. The minimum atomic E-state index is -0.317. The second kappa shape index (κ2) is 10.8. The van der Waals surface area contributed by atoms with Gasteiger partial charge in [0.05, 0.1) is 5.52 Å². The van der Waals surface area contributed by atoms with Gasteiger partial charge in [-0.05, 0) is 72.7 Å². The van der Waals surface area contributed by atoms with Gasteiger partial charge in [-0.15, -0.1) is 0 Å². The molecule has 1 fully saturated rings. The van der Waals surface area contributed by atoms with Crippen LogP contribution in [-0.4, -0.2) is 29.9 Å². The zero-order chi connectivity index (χ0) is 24.9. The summed E-state index contributed by atoms with van der Waals surface area (Å²) in [6.45, 7) is 9.00. The Hall–Kier alpha value is -3.48. The minimum Gasteiger partial charge on any atom is -0.356 e. The molecule has 6 nitrogen and oxygen atoms in total. The minimum absolute atomic E-state index is 0.0782. The highest BCUT2D eigenvalue weighted by atomic mass is 19.1. The molecule has 1 saturated heterocycles. The average molecular weight is 477 g/mol. The van der Waals surface area contributed by atoms with Crippen LogP contribution in [0.15, 0.2) is 48.5 Å². The number of carbonyl (C=O) groups excluding carboxylic acids is 2. The summed E-state index contributed by atoms with van der Waals surface area (Å²) in [6, 6.07) is 13.8. The van der Waals surface area contributed by atoms with Crippen molar-refractivity contribution in [1.29, 1.82) is 0 Å². The maximum absolute atomic E-state index is 13.0. The molecule has 0 spiro atoms. The number of pyridine rings is 1. The molecule has 184 valence electrons. The van der Waals surface area contributed by atoms with Crippen LogP contribution in [0.5, 0.6) is 0 Å². The standard InChI is InChI=1S/C28H33FN4O2/c1-18-12-19(2)17-33(16-18)26-13-20(3)24-14-23(8-9-25(24)32-26)31-28(35)11-10-27(34)30-15-21-4-6-22(29)7-5-21/h4-9,13-14,18-19H,10-12,15-17H2,1-3H3,(H,30,34)(H,31,35)/t18-,19+. The molecule has 2 aromatic carbocycles. The summed E-state index contributed by atoms with van der Waals surface area (Å²) in [7, 11) is 0. The molecule has 2 atom stereocenters. The number of piperidine rings is 1. The normalized spacial score (nSPS) is 17.9. The number of rotatable bonds is 7. The third-order valence-electron chi connectivity index (χ3n) is 6.46. The first kappa shape index (κ1) is 24.6. The molecule has 7 heteroatoms. The van der Waals surface area contributed by atoms with Crippen molar-refractivity contribution in [2.75, 3.05) is 23.3 Å². The number of benzene rings is 2. The van der Waals surface area contributed by atoms with E-state index in [0.717, 1.165) is 40.9 Å². The monoisotopic (exact) mass is 476 g/mol. The maximum Gasteiger partial charge on any atom is 0.224 e. The first-order valence-electron chi connectivity index (χ1n) is 12.2. The van der Waals surface area contributed by atoms with Crippen molar-refractivity contribution in [2.24, 2.45) is 11.8 Å². The molecule has 0 radical (unpaired) electrons. The molecule has 1 aliphatic heterocycles. The van der Waals surface area contributed by atoms with Crippen molar-refractivity contribution >= 4 is 34.2 Å². The van der Waals surface area contributed by atoms with Gasteiger partial charge in [0.25, 0.3) is 0 Å². The number of anilines is 2. The summed E-state index contributed by atoms with van der Waals surface area (Å²) < 4.78 is 13.0. The Labute approximate surface area is 205 Å². The summed E-state index contributed by atoms with van der Waals surface area (Å²) in [6.07, 6.45) is 1.41. The molecule has 4 rings (SSSR count). The number of carbonyl (C=O) groups is 2. The lowest BCUT2D eigenvalue weighted by molar-refractivity contribution is -0.124. The van der Waals surface area contributed by atoms with Crippen LogP contribution >= 0.6 is 0 Å². The highest BCUT2D eigenvalue weighted by molar-refractivity contribution is 5.96. The Bertz CT molecular complexity index is 1200. The van der Waals surface area contributed by atoms with Gasteiger partial charge in [0.15, 0.2) is 0 Å². The molecule has 0 bridgehead atoms. The summed E-state index contributed by atoms with van der Waals surface area (Å²) in [5, 5.41) is 6.64. The van der Waals surface area contributed by atoms with Crippen molar-refractivity contribution in [3.63, 3.8) is 0 Å². The Morgan fingerprint density at radius 1 is 1.00 bits per heavy atom. The molecule has 0 unspecified atom stereocenters. The molecule has 35 heavy (non-hydrogen) atoms. The van der Waals surface area contributed by atoms with Crippen molar-refractivity contribution in [2.45, 2.75) is 46.6 Å². The van der Waals surface area contributed by atoms with Crippen LogP contribution in [0.4, 0.5) is 15.9 Å². The Morgan fingerprint density at radius 3 is 2.40 bits per heavy atom. The third kappa shape index (κ3) is 6.56. The maximum atomic E-state index is 13.0.